The summed E-state index contributed by atoms with van der Waals surface area (Å²) in [5.74, 6) is 1.04. The van der Waals surface area contributed by atoms with Crippen molar-refractivity contribution in [3.63, 3.8) is 0 Å². The molecule has 7 heteroatoms. The van der Waals surface area contributed by atoms with Gasteiger partial charge in [0, 0.05) is 23.7 Å². The van der Waals surface area contributed by atoms with E-state index in [-0.39, 0.29) is 11.7 Å². The lowest BCUT2D eigenvalue weighted by molar-refractivity contribution is -0.101. The number of nitriles is 1. The van der Waals surface area contributed by atoms with Gasteiger partial charge in [0.2, 0.25) is 0 Å². The van der Waals surface area contributed by atoms with Gasteiger partial charge in [0.15, 0.2) is 0 Å². The van der Waals surface area contributed by atoms with E-state index >= 15 is 0 Å². The normalized spacial score (nSPS) is 18.0. The van der Waals surface area contributed by atoms with E-state index in [9.17, 15) is 10.1 Å². The van der Waals surface area contributed by atoms with Gasteiger partial charge in [-0.15, -0.1) is 0 Å². The maximum Gasteiger partial charge on any atom is 0.254 e. The Morgan fingerprint density at radius 1 is 1.29 bits per heavy atom. The Bertz CT molecular complexity index is 999. The summed E-state index contributed by atoms with van der Waals surface area (Å²) in [7, 11) is 1.54. The lowest BCUT2D eigenvalue weighted by atomic mass is 9.92. The Morgan fingerprint density at radius 3 is 2.86 bits per heavy atom. The van der Waals surface area contributed by atoms with E-state index in [4.69, 9.17) is 18.9 Å². The van der Waals surface area contributed by atoms with E-state index in [1.54, 1.807) is 4.57 Å². The van der Waals surface area contributed by atoms with Crippen molar-refractivity contribution in [1.29, 1.82) is 5.26 Å². The number of ether oxygens (including phenoxy) is 4. The molecule has 0 bridgehead atoms. The molecule has 1 aromatic heterocycles. The zero-order valence-electron chi connectivity index (χ0n) is 16.0. The van der Waals surface area contributed by atoms with Crippen molar-refractivity contribution in [2.45, 2.75) is 26.0 Å². The molecule has 2 aliphatic rings. The number of rotatable bonds is 4. The minimum absolute atomic E-state index is 0.106. The van der Waals surface area contributed by atoms with Gasteiger partial charge in [-0.2, -0.15) is 5.26 Å². The SMILES string of the molecule is COc1cc2c(cc1C#N)CCn1c-2c(C)c(OCC2COCCO2)cc1=O. The van der Waals surface area contributed by atoms with Crippen molar-refractivity contribution >= 4 is 0 Å². The number of fused-ring (bicyclic) bond motifs is 3. The lowest BCUT2D eigenvalue weighted by Crippen LogP contribution is -2.34. The van der Waals surface area contributed by atoms with Crippen LogP contribution in [0.25, 0.3) is 11.3 Å². The second-order valence-electron chi connectivity index (χ2n) is 6.92. The van der Waals surface area contributed by atoms with Crippen molar-refractivity contribution in [2.24, 2.45) is 0 Å². The van der Waals surface area contributed by atoms with Crippen molar-refractivity contribution in [3.8, 4) is 28.8 Å². The van der Waals surface area contributed by atoms with E-state index in [0.29, 0.717) is 56.5 Å². The highest BCUT2D eigenvalue weighted by Gasteiger charge is 2.24. The first-order valence-corrected chi connectivity index (χ1v) is 9.30. The summed E-state index contributed by atoms with van der Waals surface area (Å²) >= 11 is 0. The first-order chi connectivity index (χ1) is 13.6. The third-order valence-corrected chi connectivity index (χ3v) is 5.23. The second-order valence-corrected chi connectivity index (χ2v) is 6.92. The molecular formula is C21H22N2O5. The Kier molecular flexibility index (Phi) is 5.07. The number of pyridine rings is 1. The molecular weight excluding hydrogens is 360 g/mol. The lowest BCUT2D eigenvalue weighted by Gasteiger charge is -2.27. The molecule has 0 spiro atoms. The quantitative estimate of drug-likeness (QED) is 0.805. The number of hydrogen-bond donors (Lipinski definition) is 0. The van der Waals surface area contributed by atoms with E-state index < -0.39 is 0 Å². The van der Waals surface area contributed by atoms with Crippen LogP contribution >= 0.6 is 0 Å². The summed E-state index contributed by atoms with van der Waals surface area (Å²) in [6.07, 6.45) is 0.547. The molecule has 3 heterocycles. The summed E-state index contributed by atoms with van der Waals surface area (Å²) in [4.78, 5) is 12.7. The van der Waals surface area contributed by atoms with Crippen LogP contribution in [0.15, 0.2) is 23.0 Å². The van der Waals surface area contributed by atoms with Gasteiger partial charge in [0.25, 0.3) is 5.56 Å². The van der Waals surface area contributed by atoms with Crippen LogP contribution in [0.4, 0.5) is 0 Å². The zero-order chi connectivity index (χ0) is 19.7. The third-order valence-electron chi connectivity index (χ3n) is 5.23. The third kappa shape index (κ3) is 3.26. The number of benzene rings is 1. The Balaban J connectivity index is 1.74. The molecule has 146 valence electrons. The minimum atomic E-state index is -0.141. The highest BCUT2D eigenvalue weighted by atomic mass is 16.6. The van der Waals surface area contributed by atoms with Crippen molar-refractivity contribution in [3.05, 3.63) is 45.2 Å². The van der Waals surface area contributed by atoms with Gasteiger partial charge in [-0.25, -0.2) is 0 Å². The number of aryl methyl sites for hydroxylation is 1. The second kappa shape index (κ2) is 7.66. The van der Waals surface area contributed by atoms with Crippen LogP contribution in [0.5, 0.6) is 11.5 Å². The van der Waals surface area contributed by atoms with Crippen molar-refractivity contribution < 1.29 is 18.9 Å². The molecule has 0 amide bonds. The first kappa shape index (κ1) is 18.5. The van der Waals surface area contributed by atoms with E-state index in [1.165, 1.54) is 13.2 Å². The van der Waals surface area contributed by atoms with Crippen LogP contribution in [-0.4, -0.2) is 44.2 Å². The van der Waals surface area contributed by atoms with Crippen LogP contribution < -0.4 is 15.0 Å². The summed E-state index contributed by atoms with van der Waals surface area (Å²) in [6.45, 7) is 4.47. The molecule has 1 unspecified atom stereocenters. The maximum atomic E-state index is 12.7. The molecule has 1 fully saturated rings. The maximum absolute atomic E-state index is 12.7. The van der Waals surface area contributed by atoms with Crippen LogP contribution in [0.3, 0.4) is 0 Å². The zero-order valence-corrected chi connectivity index (χ0v) is 16.0. The predicted octanol–water partition coefficient (Wildman–Crippen LogP) is 2.05. The van der Waals surface area contributed by atoms with Crippen LogP contribution in [0.1, 0.15) is 16.7 Å². The molecule has 4 rings (SSSR count). The Hall–Kier alpha value is -2.82. The van der Waals surface area contributed by atoms with E-state index in [1.807, 2.05) is 19.1 Å². The van der Waals surface area contributed by atoms with Crippen molar-refractivity contribution in [2.75, 3.05) is 33.5 Å². The number of methoxy groups -OCH3 is 1. The smallest absolute Gasteiger partial charge is 0.254 e. The molecule has 0 saturated carbocycles. The number of hydrogen-bond acceptors (Lipinski definition) is 6. The molecule has 2 aromatic rings. The molecule has 0 radical (unpaired) electrons. The molecule has 0 aliphatic carbocycles. The fourth-order valence-corrected chi connectivity index (χ4v) is 3.80. The Morgan fingerprint density at radius 2 is 2.14 bits per heavy atom. The monoisotopic (exact) mass is 382 g/mol. The highest BCUT2D eigenvalue weighted by molar-refractivity contribution is 5.74. The number of aromatic nitrogens is 1. The van der Waals surface area contributed by atoms with Crippen LogP contribution in [0, 0.1) is 18.3 Å². The first-order valence-electron chi connectivity index (χ1n) is 9.30. The minimum Gasteiger partial charge on any atom is -0.495 e. The molecule has 0 N–H and O–H groups in total. The van der Waals surface area contributed by atoms with Crippen molar-refractivity contribution in [1.82, 2.24) is 4.57 Å². The summed E-state index contributed by atoms with van der Waals surface area (Å²) in [5, 5.41) is 9.36. The molecule has 1 aromatic carbocycles. The number of nitrogens with zero attached hydrogens (tertiary/aromatic N) is 2. The molecule has 28 heavy (non-hydrogen) atoms. The largest absolute Gasteiger partial charge is 0.495 e. The van der Waals surface area contributed by atoms with E-state index in [0.717, 1.165) is 22.4 Å². The summed E-state index contributed by atoms with van der Waals surface area (Å²) in [5.41, 5.74) is 4.01. The topological polar surface area (TPSA) is 82.7 Å². The van der Waals surface area contributed by atoms with Gasteiger partial charge in [-0.05, 0) is 31.0 Å². The van der Waals surface area contributed by atoms with Gasteiger partial charge in [0.1, 0.15) is 30.3 Å². The fourth-order valence-electron chi connectivity index (χ4n) is 3.80. The average molecular weight is 382 g/mol. The molecule has 1 atom stereocenters. The van der Waals surface area contributed by atoms with Crippen LogP contribution in [-0.2, 0) is 22.4 Å². The van der Waals surface area contributed by atoms with Gasteiger partial charge in [-0.3, -0.25) is 4.79 Å². The van der Waals surface area contributed by atoms with Gasteiger partial charge < -0.3 is 23.5 Å². The van der Waals surface area contributed by atoms with Gasteiger partial charge in [0.05, 0.1) is 38.2 Å². The molecule has 2 aliphatic heterocycles. The highest BCUT2D eigenvalue weighted by Crippen LogP contribution is 2.38. The molecule has 1 saturated heterocycles. The van der Waals surface area contributed by atoms with Gasteiger partial charge in [-0.1, -0.05) is 0 Å². The fraction of sp³-hybridized carbons (Fsp3) is 0.429. The predicted molar refractivity (Wildman–Crippen MR) is 102 cm³/mol. The van der Waals surface area contributed by atoms with Crippen LogP contribution in [0.2, 0.25) is 0 Å². The summed E-state index contributed by atoms with van der Waals surface area (Å²) in [6, 6.07) is 7.40. The van der Waals surface area contributed by atoms with Gasteiger partial charge >= 0.3 is 0 Å². The standard InChI is InChI=1S/C21H22N2O5/c1-13-18(28-12-16-11-26-5-6-27-16)9-20(24)23-4-3-14-7-15(10-22)19(25-2)8-17(14)21(13)23/h7-9,16H,3-6,11-12H2,1-2H3. The molecule has 7 nitrogen and oxygen atoms in total. The average Bonchev–Trinajstić information content (AvgIpc) is 2.74. The van der Waals surface area contributed by atoms with E-state index in [2.05, 4.69) is 6.07 Å². The Labute approximate surface area is 163 Å². The summed E-state index contributed by atoms with van der Waals surface area (Å²) < 4.78 is 24.1.